The van der Waals surface area contributed by atoms with E-state index in [1.165, 1.54) is 15.6 Å². The van der Waals surface area contributed by atoms with E-state index in [0.717, 1.165) is 52.4 Å². The second-order valence-corrected chi connectivity index (χ2v) is 14.1. The van der Waals surface area contributed by atoms with Gasteiger partial charge >= 0.3 is 0 Å². The number of benzene rings is 3. The fourth-order valence-corrected chi connectivity index (χ4v) is 7.06. The summed E-state index contributed by atoms with van der Waals surface area (Å²) < 4.78 is 30.2. The fraction of sp³-hybridized carbons (Fsp3) is 0.394. The first-order valence-electron chi connectivity index (χ1n) is 14.5. The van der Waals surface area contributed by atoms with Gasteiger partial charge in [-0.3, -0.25) is 13.9 Å². The molecule has 224 valence electrons. The molecule has 0 unspecified atom stereocenters. The highest BCUT2D eigenvalue weighted by Gasteiger charge is 2.33. The zero-order chi connectivity index (χ0) is 30.4. The topological polar surface area (TPSA) is 86.8 Å². The number of halogens is 1. The maximum atomic E-state index is 14.2. The second-order valence-electron chi connectivity index (χ2n) is 11.3. The lowest BCUT2D eigenvalue weighted by Gasteiger charge is -2.33. The van der Waals surface area contributed by atoms with Gasteiger partial charge in [0, 0.05) is 17.1 Å². The molecule has 42 heavy (non-hydrogen) atoms. The molecule has 0 bridgehead atoms. The van der Waals surface area contributed by atoms with Gasteiger partial charge in [0.25, 0.3) is 10.0 Å². The molecule has 1 aliphatic rings. The highest BCUT2D eigenvalue weighted by molar-refractivity contribution is 9.10. The van der Waals surface area contributed by atoms with Crippen LogP contribution in [0.5, 0.6) is 0 Å². The number of hydrogen-bond donors (Lipinski definition) is 1. The molecule has 0 aliphatic heterocycles. The number of amides is 2. The Balaban J connectivity index is 1.69. The molecule has 3 aromatic rings. The SMILES string of the molecule is Cc1ccc(S(=O)(=O)N(CC(=O)N(Cc2ccc(Br)cc2)[C@@H](C)C(=O)NC2CCCCC2)c2cc(C)cc(C)c2)cc1. The average molecular weight is 655 g/mol. The second kappa shape index (κ2) is 13.9. The Kier molecular flexibility index (Phi) is 10.5. The Morgan fingerprint density at radius 3 is 2.07 bits per heavy atom. The number of anilines is 1. The molecular weight excluding hydrogens is 614 g/mol. The Morgan fingerprint density at radius 2 is 1.48 bits per heavy atom. The maximum absolute atomic E-state index is 14.2. The minimum atomic E-state index is -4.10. The van der Waals surface area contributed by atoms with Crippen molar-refractivity contribution in [1.29, 1.82) is 0 Å². The summed E-state index contributed by atoms with van der Waals surface area (Å²) in [6.07, 6.45) is 5.16. The van der Waals surface area contributed by atoms with E-state index in [-0.39, 0.29) is 23.4 Å². The van der Waals surface area contributed by atoms with E-state index in [2.05, 4.69) is 21.2 Å². The molecule has 1 atom stereocenters. The Morgan fingerprint density at radius 1 is 0.881 bits per heavy atom. The number of nitrogens with zero attached hydrogens (tertiary/aromatic N) is 2. The minimum Gasteiger partial charge on any atom is -0.352 e. The van der Waals surface area contributed by atoms with Crippen LogP contribution >= 0.6 is 15.9 Å². The summed E-state index contributed by atoms with van der Waals surface area (Å²) in [7, 11) is -4.10. The van der Waals surface area contributed by atoms with Crippen molar-refractivity contribution in [2.45, 2.75) is 83.3 Å². The van der Waals surface area contributed by atoms with Crippen molar-refractivity contribution < 1.29 is 18.0 Å². The van der Waals surface area contributed by atoms with Crippen molar-refractivity contribution in [2.24, 2.45) is 0 Å². The molecule has 0 radical (unpaired) electrons. The highest BCUT2D eigenvalue weighted by atomic mass is 79.9. The molecule has 1 fully saturated rings. The average Bonchev–Trinajstić information content (AvgIpc) is 2.95. The van der Waals surface area contributed by atoms with Crippen molar-refractivity contribution in [3.8, 4) is 0 Å². The molecular formula is C33H40BrN3O4S. The molecule has 0 spiro atoms. The van der Waals surface area contributed by atoms with E-state index in [0.29, 0.717) is 5.69 Å². The first-order valence-corrected chi connectivity index (χ1v) is 16.7. The molecule has 1 N–H and O–H groups in total. The van der Waals surface area contributed by atoms with Crippen LogP contribution in [0.25, 0.3) is 0 Å². The lowest BCUT2D eigenvalue weighted by molar-refractivity contribution is -0.139. The van der Waals surface area contributed by atoms with Gasteiger partial charge in [0.1, 0.15) is 12.6 Å². The zero-order valence-corrected chi connectivity index (χ0v) is 27.2. The summed E-state index contributed by atoms with van der Waals surface area (Å²) >= 11 is 3.45. The van der Waals surface area contributed by atoms with Crippen LogP contribution in [0.1, 0.15) is 61.3 Å². The molecule has 7 nitrogen and oxygen atoms in total. The van der Waals surface area contributed by atoms with Crippen molar-refractivity contribution in [2.75, 3.05) is 10.8 Å². The van der Waals surface area contributed by atoms with E-state index < -0.39 is 28.5 Å². The van der Waals surface area contributed by atoms with Gasteiger partial charge < -0.3 is 10.2 Å². The first-order chi connectivity index (χ1) is 19.9. The number of rotatable bonds is 10. The summed E-state index contributed by atoms with van der Waals surface area (Å²) in [5.74, 6) is -0.689. The summed E-state index contributed by atoms with van der Waals surface area (Å²) in [6.45, 7) is 7.11. The molecule has 4 rings (SSSR count). The Labute approximate surface area is 258 Å². The van der Waals surface area contributed by atoms with Crippen LogP contribution in [0.3, 0.4) is 0 Å². The van der Waals surface area contributed by atoms with Crippen LogP contribution in [0.2, 0.25) is 0 Å². The number of carbonyl (C=O) groups is 2. The van der Waals surface area contributed by atoms with Crippen molar-refractivity contribution >= 4 is 43.5 Å². The van der Waals surface area contributed by atoms with Crippen LogP contribution in [-0.4, -0.2) is 43.8 Å². The van der Waals surface area contributed by atoms with E-state index in [1.54, 1.807) is 43.3 Å². The number of carbonyl (C=O) groups excluding carboxylic acids is 2. The Bertz CT molecular complexity index is 1480. The van der Waals surface area contributed by atoms with Crippen LogP contribution in [-0.2, 0) is 26.2 Å². The van der Waals surface area contributed by atoms with Crippen LogP contribution in [0, 0.1) is 20.8 Å². The third-order valence-electron chi connectivity index (χ3n) is 7.77. The van der Waals surface area contributed by atoms with Gasteiger partial charge in [-0.2, -0.15) is 0 Å². The zero-order valence-electron chi connectivity index (χ0n) is 24.8. The predicted octanol–water partition coefficient (Wildman–Crippen LogP) is 6.44. The van der Waals surface area contributed by atoms with Crippen molar-refractivity contribution in [1.82, 2.24) is 10.2 Å². The molecule has 0 heterocycles. The van der Waals surface area contributed by atoms with E-state index in [1.807, 2.05) is 51.1 Å². The fourth-order valence-electron chi connectivity index (χ4n) is 5.40. The highest BCUT2D eigenvalue weighted by Crippen LogP contribution is 2.27. The lowest BCUT2D eigenvalue weighted by Crippen LogP contribution is -2.53. The molecule has 0 aromatic heterocycles. The quantitative estimate of drug-likeness (QED) is 0.273. The molecule has 0 saturated heterocycles. The van der Waals surface area contributed by atoms with Gasteiger partial charge in [-0.15, -0.1) is 0 Å². The standard InChI is InChI=1S/C33H40BrN3O4S/c1-23-10-16-31(17-11-23)42(40,41)37(30-19-24(2)18-25(3)20-30)22-32(38)36(21-27-12-14-28(34)15-13-27)26(4)33(39)35-29-8-6-5-7-9-29/h10-20,26,29H,5-9,21-22H2,1-4H3,(H,35,39)/t26-/m0/s1. The summed E-state index contributed by atoms with van der Waals surface area (Å²) in [5.41, 5.74) is 3.94. The lowest BCUT2D eigenvalue weighted by atomic mass is 9.95. The van der Waals surface area contributed by atoms with Gasteiger partial charge in [-0.05, 0) is 93.6 Å². The van der Waals surface area contributed by atoms with Gasteiger partial charge in [0.15, 0.2) is 0 Å². The smallest absolute Gasteiger partial charge is 0.264 e. The predicted molar refractivity (Wildman–Crippen MR) is 171 cm³/mol. The van der Waals surface area contributed by atoms with Crippen molar-refractivity contribution in [3.05, 3.63) is 93.5 Å². The van der Waals surface area contributed by atoms with Crippen LogP contribution in [0.4, 0.5) is 5.69 Å². The third kappa shape index (κ3) is 8.01. The van der Waals surface area contributed by atoms with Gasteiger partial charge in [-0.25, -0.2) is 8.42 Å². The molecule has 2 amide bonds. The van der Waals surface area contributed by atoms with Gasteiger partial charge in [-0.1, -0.05) is 71.1 Å². The van der Waals surface area contributed by atoms with E-state index in [4.69, 9.17) is 0 Å². The summed E-state index contributed by atoms with van der Waals surface area (Å²) in [5, 5.41) is 3.14. The minimum absolute atomic E-state index is 0.0898. The third-order valence-corrected chi connectivity index (χ3v) is 10.1. The summed E-state index contributed by atoms with van der Waals surface area (Å²) in [6, 6.07) is 18.9. The van der Waals surface area contributed by atoms with E-state index in [9.17, 15) is 18.0 Å². The van der Waals surface area contributed by atoms with Crippen LogP contribution in [0.15, 0.2) is 76.1 Å². The number of aryl methyl sites for hydroxylation is 3. The summed E-state index contributed by atoms with van der Waals surface area (Å²) in [4.78, 5) is 29.2. The van der Waals surface area contributed by atoms with Crippen LogP contribution < -0.4 is 9.62 Å². The maximum Gasteiger partial charge on any atom is 0.264 e. The molecule has 3 aromatic carbocycles. The molecule has 1 saturated carbocycles. The van der Waals surface area contributed by atoms with Gasteiger partial charge in [0.2, 0.25) is 11.8 Å². The van der Waals surface area contributed by atoms with Crippen molar-refractivity contribution in [3.63, 3.8) is 0 Å². The molecule has 9 heteroatoms. The van der Waals surface area contributed by atoms with E-state index >= 15 is 0 Å². The number of nitrogens with one attached hydrogen (secondary N) is 1. The number of sulfonamides is 1. The number of hydrogen-bond acceptors (Lipinski definition) is 4. The Hall–Kier alpha value is -3.17. The largest absolute Gasteiger partial charge is 0.352 e. The monoisotopic (exact) mass is 653 g/mol. The normalized spacial score (nSPS) is 14.7. The first kappa shape index (κ1) is 31.8. The van der Waals surface area contributed by atoms with Gasteiger partial charge in [0.05, 0.1) is 10.6 Å². The molecule has 1 aliphatic carbocycles.